The van der Waals surface area contributed by atoms with Crippen molar-refractivity contribution in [2.45, 2.75) is 26.2 Å². The molecule has 0 unspecified atom stereocenters. The van der Waals surface area contributed by atoms with Crippen molar-refractivity contribution in [3.63, 3.8) is 0 Å². The lowest BCUT2D eigenvalue weighted by atomic mass is 9.87. The lowest BCUT2D eigenvalue weighted by molar-refractivity contribution is 0.384. The van der Waals surface area contributed by atoms with E-state index in [0.29, 0.717) is 41.5 Å². The van der Waals surface area contributed by atoms with Gasteiger partial charge in [0.25, 0.3) is 0 Å². The summed E-state index contributed by atoms with van der Waals surface area (Å²) in [5.41, 5.74) is 2.53. The van der Waals surface area contributed by atoms with Crippen LogP contribution in [-0.2, 0) is 12.8 Å². The SMILES string of the molecule is CCc1ccc(C2=Cc3ccc(OC)c(F)c3CC2)c(F)c1F. The molecule has 4 heteroatoms. The Balaban J connectivity index is 2.07. The second-order valence-corrected chi connectivity index (χ2v) is 5.57. The fourth-order valence-corrected chi connectivity index (χ4v) is 3.00. The van der Waals surface area contributed by atoms with E-state index in [1.54, 1.807) is 37.3 Å². The van der Waals surface area contributed by atoms with Crippen LogP contribution in [0.4, 0.5) is 13.2 Å². The smallest absolute Gasteiger partial charge is 0.168 e. The number of hydrogen-bond donors (Lipinski definition) is 0. The summed E-state index contributed by atoms with van der Waals surface area (Å²) >= 11 is 0. The van der Waals surface area contributed by atoms with Crippen molar-refractivity contribution < 1.29 is 17.9 Å². The van der Waals surface area contributed by atoms with Gasteiger partial charge < -0.3 is 4.74 Å². The molecule has 1 aliphatic carbocycles. The first kappa shape index (κ1) is 15.7. The van der Waals surface area contributed by atoms with Gasteiger partial charge in [-0.05, 0) is 47.6 Å². The number of ether oxygens (including phenoxy) is 1. The Hall–Kier alpha value is -2.23. The lowest BCUT2D eigenvalue weighted by Crippen LogP contribution is -2.06. The van der Waals surface area contributed by atoms with Crippen LogP contribution in [0.5, 0.6) is 5.75 Å². The zero-order valence-electron chi connectivity index (χ0n) is 13.1. The highest BCUT2D eigenvalue weighted by Gasteiger charge is 2.21. The molecule has 0 saturated heterocycles. The van der Waals surface area contributed by atoms with Crippen molar-refractivity contribution in [1.29, 1.82) is 0 Å². The standard InChI is InChI=1S/C19H17F3O/c1-3-11-4-7-15(19(22)17(11)20)12-5-8-14-13(10-12)6-9-16(23-2)18(14)21/h4,6-7,9-10H,3,5,8H2,1-2H3. The van der Waals surface area contributed by atoms with Crippen LogP contribution in [0.25, 0.3) is 11.6 Å². The number of aryl methyl sites for hydroxylation is 1. The number of methoxy groups -OCH3 is 1. The summed E-state index contributed by atoms with van der Waals surface area (Å²) in [6.45, 7) is 1.78. The molecule has 0 saturated carbocycles. The average molecular weight is 318 g/mol. The van der Waals surface area contributed by atoms with E-state index < -0.39 is 11.6 Å². The van der Waals surface area contributed by atoms with Crippen LogP contribution in [0.3, 0.4) is 0 Å². The van der Waals surface area contributed by atoms with Crippen molar-refractivity contribution in [1.82, 2.24) is 0 Å². The van der Waals surface area contributed by atoms with Crippen LogP contribution in [0, 0.1) is 17.5 Å². The van der Waals surface area contributed by atoms with Gasteiger partial charge in [-0.1, -0.05) is 31.2 Å². The number of hydrogen-bond acceptors (Lipinski definition) is 1. The van der Waals surface area contributed by atoms with Gasteiger partial charge >= 0.3 is 0 Å². The lowest BCUT2D eigenvalue weighted by Gasteiger charge is -2.19. The molecule has 2 aromatic carbocycles. The van der Waals surface area contributed by atoms with Crippen molar-refractivity contribution in [3.8, 4) is 5.75 Å². The molecule has 0 atom stereocenters. The zero-order valence-corrected chi connectivity index (χ0v) is 13.1. The van der Waals surface area contributed by atoms with Crippen molar-refractivity contribution >= 4 is 11.6 Å². The van der Waals surface area contributed by atoms with E-state index in [-0.39, 0.29) is 17.1 Å². The Morgan fingerprint density at radius 2 is 1.74 bits per heavy atom. The van der Waals surface area contributed by atoms with Crippen LogP contribution in [0.1, 0.15) is 35.6 Å². The largest absolute Gasteiger partial charge is 0.494 e. The molecule has 0 aliphatic heterocycles. The summed E-state index contributed by atoms with van der Waals surface area (Å²) < 4.78 is 47.5. The molecule has 23 heavy (non-hydrogen) atoms. The van der Waals surface area contributed by atoms with Crippen molar-refractivity contribution in [2.75, 3.05) is 7.11 Å². The predicted octanol–water partition coefficient (Wildman–Crippen LogP) is 5.16. The van der Waals surface area contributed by atoms with Crippen LogP contribution >= 0.6 is 0 Å². The molecule has 120 valence electrons. The van der Waals surface area contributed by atoms with E-state index in [2.05, 4.69) is 0 Å². The molecular formula is C19H17F3O. The molecule has 0 fully saturated rings. The second kappa shape index (κ2) is 6.11. The van der Waals surface area contributed by atoms with Crippen LogP contribution in [0.15, 0.2) is 24.3 Å². The molecule has 0 spiro atoms. The van der Waals surface area contributed by atoms with Gasteiger partial charge in [0.1, 0.15) is 0 Å². The van der Waals surface area contributed by atoms with Crippen LogP contribution in [-0.4, -0.2) is 7.11 Å². The Bertz CT molecular complexity index is 794. The summed E-state index contributed by atoms with van der Waals surface area (Å²) in [6.07, 6.45) is 3.06. The maximum atomic E-state index is 14.3. The molecular weight excluding hydrogens is 301 g/mol. The van der Waals surface area contributed by atoms with E-state index in [9.17, 15) is 13.2 Å². The quantitative estimate of drug-likeness (QED) is 0.759. The number of rotatable bonds is 3. The van der Waals surface area contributed by atoms with E-state index in [1.807, 2.05) is 0 Å². The molecule has 3 rings (SSSR count). The summed E-state index contributed by atoms with van der Waals surface area (Å²) in [5, 5.41) is 0. The highest BCUT2D eigenvalue weighted by atomic mass is 19.2. The zero-order chi connectivity index (χ0) is 16.6. The number of benzene rings is 2. The monoisotopic (exact) mass is 318 g/mol. The number of allylic oxidation sites excluding steroid dienone is 1. The van der Waals surface area contributed by atoms with Gasteiger partial charge in [0.05, 0.1) is 7.11 Å². The van der Waals surface area contributed by atoms with Gasteiger partial charge in [-0.25, -0.2) is 13.2 Å². The van der Waals surface area contributed by atoms with Crippen molar-refractivity contribution in [2.24, 2.45) is 0 Å². The van der Waals surface area contributed by atoms with Crippen LogP contribution in [0.2, 0.25) is 0 Å². The third-order valence-corrected chi connectivity index (χ3v) is 4.33. The number of fused-ring (bicyclic) bond motifs is 1. The van der Waals surface area contributed by atoms with E-state index in [1.165, 1.54) is 7.11 Å². The summed E-state index contributed by atoms with van der Waals surface area (Å²) in [5.74, 6) is -1.80. The molecule has 0 radical (unpaired) electrons. The topological polar surface area (TPSA) is 9.23 Å². The third-order valence-electron chi connectivity index (χ3n) is 4.33. The maximum absolute atomic E-state index is 14.3. The third kappa shape index (κ3) is 2.62. The first-order valence-corrected chi connectivity index (χ1v) is 7.60. The minimum absolute atomic E-state index is 0.199. The molecule has 0 aromatic heterocycles. The summed E-state index contributed by atoms with van der Waals surface area (Å²) in [4.78, 5) is 0. The highest BCUT2D eigenvalue weighted by molar-refractivity contribution is 5.85. The second-order valence-electron chi connectivity index (χ2n) is 5.57. The first-order valence-electron chi connectivity index (χ1n) is 7.60. The molecule has 0 amide bonds. The highest BCUT2D eigenvalue weighted by Crippen LogP contribution is 2.36. The van der Waals surface area contributed by atoms with E-state index in [4.69, 9.17) is 4.74 Å². The van der Waals surface area contributed by atoms with Gasteiger partial charge in [0.15, 0.2) is 23.2 Å². The van der Waals surface area contributed by atoms with Gasteiger partial charge in [0.2, 0.25) is 0 Å². The minimum atomic E-state index is -0.826. The van der Waals surface area contributed by atoms with Gasteiger partial charge in [-0.2, -0.15) is 0 Å². The Morgan fingerprint density at radius 1 is 0.957 bits per heavy atom. The van der Waals surface area contributed by atoms with Crippen LogP contribution < -0.4 is 4.74 Å². The Labute approximate surface area is 133 Å². The molecule has 0 heterocycles. The molecule has 0 bridgehead atoms. The predicted molar refractivity (Wildman–Crippen MR) is 84.9 cm³/mol. The fraction of sp³-hybridized carbons (Fsp3) is 0.263. The summed E-state index contributed by atoms with van der Waals surface area (Å²) in [7, 11) is 1.42. The fourth-order valence-electron chi connectivity index (χ4n) is 3.00. The summed E-state index contributed by atoms with van der Waals surface area (Å²) in [6, 6.07) is 6.50. The molecule has 1 aliphatic rings. The average Bonchev–Trinajstić information content (AvgIpc) is 2.57. The van der Waals surface area contributed by atoms with Gasteiger partial charge in [0, 0.05) is 5.56 Å². The minimum Gasteiger partial charge on any atom is -0.494 e. The first-order chi connectivity index (χ1) is 11.1. The van der Waals surface area contributed by atoms with Crippen molar-refractivity contribution in [3.05, 3.63) is 64.0 Å². The molecule has 0 N–H and O–H groups in total. The number of halogens is 3. The Morgan fingerprint density at radius 3 is 2.43 bits per heavy atom. The van der Waals surface area contributed by atoms with E-state index in [0.717, 1.165) is 0 Å². The normalized spacial score (nSPS) is 13.5. The molecule has 2 aromatic rings. The van der Waals surface area contributed by atoms with E-state index >= 15 is 0 Å². The van der Waals surface area contributed by atoms with Gasteiger partial charge in [-0.15, -0.1) is 0 Å². The van der Waals surface area contributed by atoms with Gasteiger partial charge in [-0.3, -0.25) is 0 Å². The molecule has 1 nitrogen and oxygen atoms in total. The maximum Gasteiger partial charge on any atom is 0.168 e. The Kier molecular flexibility index (Phi) is 4.16.